The number of rotatable bonds is 2. The standard InChI is InChI=1S/C10H9FN2O/c11-7-13-6-8(5-12-13)9-3-1-2-4-10(9)14/h1-6,14H,7H2. The smallest absolute Gasteiger partial charge is 0.181 e. The van der Waals surface area contributed by atoms with Gasteiger partial charge in [-0.2, -0.15) is 5.10 Å². The monoisotopic (exact) mass is 192 g/mol. The van der Waals surface area contributed by atoms with Gasteiger partial charge in [0.1, 0.15) is 5.75 Å². The van der Waals surface area contributed by atoms with Gasteiger partial charge in [-0.15, -0.1) is 0 Å². The maximum atomic E-state index is 12.2. The molecule has 2 rings (SSSR count). The normalized spacial score (nSPS) is 10.4. The number of halogens is 1. The second-order valence-corrected chi connectivity index (χ2v) is 2.91. The first-order valence-corrected chi connectivity index (χ1v) is 4.18. The quantitative estimate of drug-likeness (QED) is 0.791. The van der Waals surface area contributed by atoms with Crippen molar-refractivity contribution in [2.45, 2.75) is 6.80 Å². The molecular weight excluding hydrogens is 183 g/mol. The lowest BCUT2D eigenvalue weighted by molar-refractivity contribution is 0.350. The lowest BCUT2D eigenvalue weighted by Gasteiger charge is -1.99. The van der Waals surface area contributed by atoms with E-state index in [1.54, 1.807) is 24.4 Å². The fourth-order valence-corrected chi connectivity index (χ4v) is 1.29. The van der Waals surface area contributed by atoms with Gasteiger partial charge in [-0.3, -0.25) is 0 Å². The van der Waals surface area contributed by atoms with Crippen molar-refractivity contribution in [3.05, 3.63) is 36.7 Å². The summed E-state index contributed by atoms with van der Waals surface area (Å²) >= 11 is 0. The van der Waals surface area contributed by atoms with E-state index >= 15 is 0 Å². The van der Waals surface area contributed by atoms with Gasteiger partial charge in [-0.25, -0.2) is 9.07 Å². The van der Waals surface area contributed by atoms with Crippen LogP contribution < -0.4 is 0 Å². The number of phenols is 1. The number of para-hydroxylation sites is 1. The highest BCUT2D eigenvalue weighted by molar-refractivity contribution is 5.68. The predicted molar refractivity (Wildman–Crippen MR) is 50.4 cm³/mol. The predicted octanol–water partition coefficient (Wildman–Crippen LogP) is 2.18. The highest BCUT2D eigenvalue weighted by Crippen LogP contribution is 2.27. The molecule has 14 heavy (non-hydrogen) atoms. The maximum Gasteiger partial charge on any atom is 0.181 e. The van der Waals surface area contributed by atoms with Gasteiger partial charge in [0, 0.05) is 17.3 Å². The van der Waals surface area contributed by atoms with Gasteiger partial charge in [0.2, 0.25) is 0 Å². The lowest BCUT2D eigenvalue weighted by atomic mass is 10.1. The summed E-state index contributed by atoms with van der Waals surface area (Å²) in [6.07, 6.45) is 3.07. The van der Waals surface area contributed by atoms with E-state index in [0.717, 1.165) is 0 Å². The fourth-order valence-electron chi connectivity index (χ4n) is 1.29. The van der Waals surface area contributed by atoms with Crippen LogP contribution >= 0.6 is 0 Å². The van der Waals surface area contributed by atoms with Crippen molar-refractivity contribution >= 4 is 0 Å². The van der Waals surface area contributed by atoms with E-state index in [0.29, 0.717) is 11.1 Å². The van der Waals surface area contributed by atoms with Gasteiger partial charge in [0.05, 0.1) is 6.20 Å². The van der Waals surface area contributed by atoms with E-state index in [-0.39, 0.29) is 5.75 Å². The van der Waals surface area contributed by atoms with Crippen LogP contribution in [-0.4, -0.2) is 14.9 Å². The molecule has 0 fully saturated rings. The Morgan fingerprint density at radius 2 is 2.14 bits per heavy atom. The molecule has 0 amide bonds. The summed E-state index contributed by atoms with van der Waals surface area (Å²) in [7, 11) is 0. The summed E-state index contributed by atoms with van der Waals surface area (Å²) in [4.78, 5) is 0. The van der Waals surface area contributed by atoms with Crippen molar-refractivity contribution in [2.24, 2.45) is 0 Å². The highest BCUT2D eigenvalue weighted by Gasteiger charge is 2.05. The van der Waals surface area contributed by atoms with E-state index in [1.165, 1.54) is 10.9 Å². The Balaban J connectivity index is 2.44. The third-order valence-corrected chi connectivity index (χ3v) is 1.97. The second-order valence-electron chi connectivity index (χ2n) is 2.91. The molecule has 0 aliphatic carbocycles. The number of nitrogens with zero attached hydrogens (tertiary/aromatic N) is 2. The summed E-state index contributed by atoms with van der Waals surface area (Å²) < 4.78 is 13.4. The van der Waals surface area contributed by atoms with Crippen LogP contribution in [0.4, 0.5) is 4.39 Å². The van der Waals surface area contributed by atoms with Gasteiger partial charge in [-0.05, 0) is 6.07 Å². The molecule has 1 N–H and O–H groups in total. The van der Waals surface area contributed by atoms with Crippen LogP contribution in [0.3, 0.4) is 0 Å². The second kappa shape index (κ2) is 3.49. The third kappa shape index (κ3) is 1.46. The molecule has 3 nitrogen and oxygen atoms in total. The Kier molecular flexibility index (Phi) is 2.18. The Bertz CT molecular complexity index is 439. The number of aromatic hydroxyl groups is 1. The number of hydrogen-bond acceptors (Lipinski definition) is 2. The molecule has 0 bridgehead atoms. The van der Waals surface area contributed by atoms with Crippen LogP contribution in [0.1, 0.15) is 0 Å². The minimum Gasteiger partial charge on any atom is -0.507 e. The van der Waals surface area contributed by atoms with E-state index < -0.39 is 6.80 Å². The van der Waals surface area contributed by atoms with Crippen LogP contribution in [0, 0.1) is 0 Å². The molecule has 1 aromatic heterocycles. The summed E-state index contributed by atoms with van der Waals surface area (Å²) in [6.45, 7) is -0.659. The molecule has 2 aromatic rings. The molecule has 0 radical (unpaired) electrons. The molecule has 0 spiro atoms. The summed E-state index contributed by atoms with van der Waals surface area (Å²) in [5, 5.41) is 13.3. The maximum absolute atomic E-state index is 12.2. The fraction of sp³-hybridized carbons (Fsp3) is 0.100. The number of phenolic OH excluding ortho intramolecular Hbond substituents is 1. The van der Waals surface area contributed by atoms with Crippen molar-refractivity contribution in [2.75, 3.05) is 0 Å². The van der Waals surface area contributed by atoms with Crippen molar-refractivity contribution in [3.8, 4) is 16.9 Å². The third-order valence-electron chi connectivity index (χ3n) is 1.97. The first-order valence-electron chi connectivity index (χ1n) is 4.18. The molecule has 0 saturated carbocycles. The summed E-state index contributed by atoms with van der Waals surface area (Å²) in [5.41, 5.74) is 1.37. The van der Waals surface area contributed by atoms with Gasteiger partial charge >= 0.3 is 0 Å². The molecule has 72 valence electrons. The number of benzene rings is 1. The Labute approximate surface area is 80.4 Å². The zero-order valence-corrected chi connectivity index (χ0v) is 7.39. The molecule has 4 heteroatoms. The van der Waals surface area contributed by atoms with E-state index in [1.807, 2.05) is 6.07 Å². The minimum atomic E-state index is -0.659. The topological polar surface area (TPSA) is 38.1 Å². The summed E-state index contributed by atoms with van der Waals surface area (Å²) in [6, 6.07) is 6.89. The zero-order chi connectivity index (χ0) is 9.97. The molecule has 0 atom stereocenters. The van der Waals surface area contributed by atoms with Gasteiger partial charge < -0.3 is 5.11 Å². The molecule has 0 unspecified atom stereocenters. The average molecular weight is 192 g/mol. The number of hydrogen-bond donors (Lipinski definition) is 1. The molecule has 1 heterocycles. The van der Waals surface area contributed by atoms with E-state index in [2.05, 4.69) is 5.10 Å². The van der Waals surface area contributed by atoms with Crippen LogP contribution in [-0.2, 0) is 6.80 Å². The first-order chi connectivity index (χ1) is 6.81. The Hall–Kier alpha value is -1.84. The molecule has 0 aliphatic rings. The van der Waals surface area contributed by atoms with Crippen LogP contribution in [0.2, 0.25) is 0 Å². The highest BCUT2D eigenvalue weighted by atomic mass is 19.1. The van der Waals surface area contributed by atoms with E-state index in [9.17, 15) is 9.50 Å². The van der Waals surface area contributed by atoms with Gasteiger partial charge in [-0.1, -0.05) is 18.2 Å². The van der Waals surface area contributed by atoms with Crippen LogP contribution in [0.25, 0.3) is 11.1 Å². The largest absolute Gasteiger partial charge is 0.507 e. The van der Waals surface area contributed by atoms with Crippen molar-refractivity contribution in [1.82, 2.24) is 9.78 Å². The molecule has 0 saturated heterocycles. The zero-order valence-electron chi connectivity index (χ0n) is 7.39. The molecule has 1 aromatic carbocycles. The van der Waals surface area contributed by atoms with Gasteiger partial charge in [0.25, 0.3) is 0 Å². The van der Waals surface area contributed by atoms with Crippen molar-refractivity contribution in [3.63, 3.8) is 0 Å². The first kappa shape index (κ1) is 8.74. The Morgan fingerprint density at radius 1 is 1.36 bits per heavy atom. The van der Waals surface area contributed by atoms with Crippen LogP contribution in [0.15, 0.2) is 36.7 Å². The van der Waals surface area contributed by atoms with Crippen molar-refractivity contribution < 1.29 is 9.50 Å². The van der Waals surface area contributed by atoms with Gasteiger partial charge in [0.15, 0.2) is 6.80 Å². The molecular formula is C10H9FN2O. The Morgan fingerprint density at radius 3 is 2.79 bits per heavy atom. The minimum absolute atomic E-state index is 0.172. The number of alkyl halides is 1. The van der Waals surface area contributed by atoms with E-state index in [4.69, 9.17) is 0 Å². The average Bonchev–Trinajstić information content (AvgIpc) is 2.67. The van der Waals surface area contributed by atoms with Crippen LogP contribution in [0.5, 0.6) is 5.75 Å². The number of aromatic nitrogens is 2. The van der Waals surface area contributed by atoms with Crippen molar-refractivity contribution in [1.29, 1.82) is 0 Å². The lowest BCUT2D eigenvalue weighted by Crippen LogP contribution is -1.90. The SMILES string of the molecule is Oc1ccccc1-c1cnn(CF)c1. The summed E-state index contributed by atoms with van der Waals surface area (Å²) in [5.74, 6) is 0.172. The molecule has 0 aliphatic heterocycles.